The lowest BCUT2D eigenvalue weighted by Gasteiger charge is -2.42. The number of oxazole rings is 1. The lowest BCUT2D eigenvalue weighted by Crippen LogP contribution is -2.57. The second-order valence-electron chi connectivity index (χ2n) is 5.49. The molecule has 1 fully saturated rings. The maximum atomic E-state index is 5.79. The van der Waals surface area contributed by atoms with Crippen LogP contribution in [0.5, 0.6) is 0 Å². The van der Waals surface area contributed by atoms with E-state index in [1.165, 1.54) is 0 Å². The highest BCUT2D eigenvalue weighted by Crippen LogP contribution is 2.21. The molecule has 96 valence electrons. The van der Waals surface area contributed by atoms with Gasteiger partial charge in [-0.05, 0) is 26.0 Å². The molecule has 1 N–H and O–H groups in total. The van der Waals surface area contributed by atoms with Crippen molar-refractivity contribution in [3.05, 3.63) is 30.2 Å². The molecule has 0 bridgehead atoms. The first-order valence-corrected chi connectivity index (χ1v) is 6.45. The van der Waals surface area contributed by atoms with E-state index >= 15 is 0 Å². The Morgan fingerprint density at radius 3 is 3.00 bits per heavy atom. The summed E-state index contributed by atoms with van der Waals surface area (Å²) in [6.45, 7) is 8.36. The van der Waals surface area contributed by atoms with Crippen LogP contribution in [0.15, 0.2) is 28.7 Å². The van der Waals surface area contributed by atoms with Gasteiger partial charge in [-0.1, -0.05) is 12.1 Å². The van der Waals surface area contributed by atoms with Crippen LogP contribution in [0.1, 0.15) is 19.7 Å². The molecular formula is C14H19N3O. The van der Waals surface area contributed by atoms with Gasteiger partial charge in [0.15, 0.2) is 5.58 Å². The smallest absolute Gasteiger partial charge is 0.209 e. The molecule has 0 unspecified atom stereocenters. The molecule has 2 heterocycles. The highest BCUT2D eigenvalue weighted by atomic mass is 16.3. The Morgan fingerprint density at radius 2 is 2.22 bits per heavy atom. The van der Waals surface area contributed by atoms with Crippen LogP contribution in [-0.2, 0) is 6.54 Å². The number of aromatic nitrogens is 1. The first-order valence-electron chi connectivity index (χ1n) is 6.45. The molecule has 1 aliphatic rings. The van der Waals surface area contributed by atoms with Crippen molar-refractivity contribution in [3.8, 4) is 0 Å². The van der Waals surface area contributed by atoms with Crippen molar-refractivity contribution in [1.29, 1.82) is 0 Å². The van der Waals surface area contributed by atoms with E-state index in [-0.39, 0.29) is 5.54 Å². The Labute approximate surface area is 107 Å². The summed E-state index contributed by atoms with van der Waals surface area (Å²) < 4.78 is 5.79. The molecule has 1 aliphatic heterocycles. The van der Waals surface area contributed by atoms with Crippen molar-refractivity contribution in [3.63, 3.8) is 0 Å². The fraction of sp³-hybridized carbons (Fsp3) is 0.500. The molecule has 1 aromatic carbocycles. The van der Waals surface area contributed by atoms with Gasteiger partial charge in [-0.15, -0.1) is 0 Å². The zero-order chi connectivity index (χ0) is 12.6. The predicted molar refractivity (Wildman–Crippen MR) is 71.4 cm³/mol. The minimum absolute atomic E-state index is 0.152. The summed E-state index contributed by atoms with van der Waals surface area (Å²) in [5.41, 5.74) is 1.97. The van der Waals surface area contributed by atoms with Crippen molar-refractivity contribution < 1.29 is 4.42 Å². The van der Waals surface area contributed by atoms with Gasteiger partial charge >= 0.3 is 0 Å². The van der Waals surface area contributed by atoms with E-state index in [4.69, 9.17) is 4.42 Å². The summed E-state index contributed by atoms with van der Waals surface area (Å²) in [5, 5.41) is 3.42. The van der Waals surface area contributed by atoms with E-state index in [9.17, 15) is 0 Å². The van der Waals surface area contributed by atoms with Crippen LogP contribution in [0.4, 0.5) is 0 Å². The van der Waals surface area contributed by atoms with E-state index in [1.54, 1.807) is 0 Å². The maximum Gasteiger partial charge on any atom is 0.209 e. The van der Waals surface area contributed by atoms with Gasteiger partial charge in [0.2, 0.25) is 5.89 Å². The van der Waals surface area contributed by atoms with Crippen molar-refractivity contribution >= 4 is 11.1 Å². The Kier molecular flexibility index (Phi) is 2.84. The number of benzene rings is 1. The van der Waals surface area contributed by atoms with E-state index in [0.717, 1.165) is 43.2 Å². The van der Waals surface area contributed by atoms with Crippen molar-refractivity contribution in [2.75, 3.05) is 19.6 Å². The van der Waals surface area contributed by atoms with Gasteiger partial charge in [0.05, 0.1) is 6.54 Å². The first kappa shape index (κ1) is 11.7. The molecule has 1 aromatic heterocycles. The van der Waals surface area contributed by atoms with Crippen LogP contribution >= 0.6 is 0 Å². The third kappa shape index (κ3) is 2.13. The molecular weight excluding hydrogens is 226 g/mol. The van der Waals surface area contributed by atoms with Crippen molar-refractivity contribution in [2.45, 2.75) is 25.9 Å². The zero-order valence-electron chi connectivity index (χ0n) is 10.9. The topological polar surface area (TPSA) is 41.3 Å². The number of rotatable bonds is 2. The maximum absolute atomic E-state index is 5.79. The highest BCUT2D eigenvalue weighted by Gasteiger charge is 2.30. The Morgan fingerprint density at radius 1 is 1.39 bits per heavy atom. The number of nitrogens with one attached hydrogen (secondary N) is 1. The second kappa shape index (κ2) is 4.37. The average molecular weight is 245 g/mol. The molecule has 3 rings (SSSR count). The number of hydrogen-bond acceptors (Lipinski definition) is 4. The lowest BCUT2D eigenvalue weighted by atomic mass is 10.0. The SMILES string of the molecule is CC1(C)CNCCN1Cc1nc2ccccc2o1. The van der Waals surface area contributed by atoms with Gasteiger partial charge in [-0.3, -0.25) is 4.90 Å². The number of fused-ring (bicyclic) bond motifs is 1. The number of hydrogen-bond donors (Lipinski definition) is 1. The average Bonchev–Trinajstić information content (AvgIpc) is 2.74. The summed E-state index contributed by atoms with van der Waals surface area (Å²) in [4.78, 5) is 6.97. The molecule has 4 heteroatoms. The van der Waals surface area contributed by atoms with Gasteiger partial charge < -0.3 is 9.73 Å². The summed E-state index contributed by atoms with van der Waals surface area (Å²) in [6.07, 6.45) is 0. The minimum Gasteiger partial charge on any atom is -0.439 e. The van der Waals surface area contributed by atoms with Gasteiger partial charge in [0.1, 0.15) is 5.52 Å². The highest BCUT2D eigenvalue weighted by molar-refractivity contribution is 5.72. The van der Waals surface area contributed by atoms with Crippen LogP contribution in [-0.4, -0.2) is 35.1 Å². The van der Waals surface area contributed by atoms with Crippen molar-refractivity contribution in [2.24, 2.45) is 0 Å². The van der Waals surface area contributed by atoms with Gasteiger partial charge in [0.25, 0.3) is 0 Å². The monoisotopic (exact) mass is 245 g/mol. The fourth-order valence-electron chi connectivity index (χ4n) is 2.47. The largest absolute Gasteiger partial charge is 0.439 e. The lowest BCUT2D eigenvalue weighted by molar-refractivity contribution is 0.0741. The Hall–Kier alpha value is -1.39. The summed E-state index contributed by atoms with van der Waals surface area (Å²) in [5.74, 6) is 0.811. The summed E-state index contributed by atoms with van der Waals surface area (Å²) in [7, 11) is 0. The fourth-order valence-corrected chi connectivity index (χ4v) is 2.47. The zero-order valence-corrected chi connectivity index (χ0v) is 10.9. The van der Waals surface area contributed by atoms with E-state index < -0.39 is 0 Å². The number of piperazine rings is 1. The molecule has 2 aromatic rings. The van der Waals surface area contributed by atoms with Crippen molar-refractivity contribution in [1.82, 2.24) is 15.2 Å². The minimum atomic E-state index is 0.152. The molecule has 0 aliphatic carbocycles. The number of nitrogens with zero attached hydrogens (tertiary/aromatic N) is 2. The molecule has 0 spiro atoms. The Bertz CT molecular complexity index is 514. The predicted octanol–water partition coefficient (Wildman–Crippen LogP) is 2.01. The van der Waals surface area contributed by atoms with Crippen LogP contribution in [0.25, 0.3) is 11.1 Å². The standard InChI is InChI=1S/C14H19N3O/c1-14(2)10-15-7-8-17(14)9-13-16-11-5-3-4-6-12(11)18-13/h3-6,15H,7-10H2,1-2H3. The van der Waals surface area contributed by atoms with E-state index in [1.807, 2.05) is 24.3 Å². The quantitative estimate of drug-likeness (QED) is 0.878. The van der Waals surface area contributed by atoms with E-state index in [2.05, 4.69) is 29.0 Å². The molecule has 18 heavy (non-hydrogen) atoms. The molecule has 0 atom stereocenters. The first-order chi connectivity index (χ1) is 8.65. The van der Waals surface area contributed by atoms with Gasteiger partial charge in [-0.2, -0.15) is 0 Å². The number of para-hydroxylation sites is 2. The van der Waals surface area contributed by atoms with Crippen LogP contribution < -0.4 is 5.32 Å². The van der Waals surface area contributed by atoms with E-state index in [0.29, 0.717) is 0 Å². The Balaban J connectivity index is 1.83. The summed E-state index contributed by atoms with van der Waals surface area (Å²) in [6, 6.07) is 7.93. The van der Waals surface area contributed by atoms with Gasteiger partial charge in [-0.25, -0.2) is 4.98 Å². The molecule has 0 amide bonds. The third-order valence-corrected chi connectivity index (χ3v) is 3.64. The third-order valence-electron chi connectivity index (χ3n) is 3.64. The second-order valence-corrected chi connectivity index (χ2v) is 5.49. The molecule has 4 nitrogen and oxygen atoms in total. The molecule has 1 saturated heterocycles. The normalized spacial score (nSPS) is 20.3. The molecule has 0 saturated carbocycles. The van der Waals surface area contributed by atoms with Gasteiger partial charge in [0, 0.05) is 25.2 Å². The molecule has 0 radical (unpaired) electrons. The summed E-state index contributed by atoms with van der Waals surface area (Å²) >= 11 is 0. The van der Waals surface area contributed by atoms with Crippen LogP contribution in [0.3, 0.4) is 0 Å². The van der Waals surface area contributed by atoms with Crippen LogP contribution in [0.2, 0.25) is 0 Å². The van der Waals surface area contributed by atoms with Crippen LogP contribution in [0, 0.1) is 0 Å².